The zero-order valence-electron chi connectivity index (χ0n) is 17.8. The summed E-state index contributed by atoms with van der Waals surface area (Å²) in [4.78, 5) is 25.1. The summed E-state index contributed by atoms with van der Waals surface area (Å²) in [6.45, 7) is 6.23. The van der Waals surface area contributed by atoms with E-state index < -0.39 is 23.5 Å². The van der Waals surface area contributed by atoms with Crippen LogP contribution in [0.2, 0.25) is 0 Å². The zero-order valence-corrected chi connectivity index (χ0v) is 17.8. The molecule has 1 saturated carbocycles. The van der Waals surface area contributed by atoms with Gasteiger partial charge < -0.3 is 20.5 Å². The highest BCUT2D eigenvalue weighted by Crippen LogP contribution is 2.47. The van der Waals surface area contributed by atoms with Gasteiger partial charge in [0.15, 0.2) is 0 Å². The monoisotopic (exact) mass is 410 g/mol. The topological polar surface area (TPSA) is 90.6 Å². The summed E-state index contributed by atoms with van der Waals surface area (Å²) in [5.74, 6) is 0.487. The average Bonchev–Trinajstić information content (AvgIpc) is 2.67. The molecular weight excluding hydrogens is 380 g/mol. The summed E-state index contributed by atoms with van der Waals surface area (Å²) in [5.41, 5.74) is 5.76. The number of carbonyl (C=O) groups excluding carboxylic acids is 2. The number of benzene rings is 2. The van der Waals surface area contributed by atoms with Crippen molar-refractivity contribution in [3.8, 4) is 11.5 Å². The van der Waals surface area contributed by atoms with Gasteiger partial charge in [0.25, 0.3) is 0 Å². The first-order chi connectivity index (χ1) is 14.2. The third-order valence-electron chi connectivity index (χ3n) is 5.64. The van der Waals surface area contributed by atoms with Crippen LogP contribution in [0.4, 0.5) is 4.79 Å². The molecule has 1 fully saturated rings. The van der Waals surface area contributed by atoms with Gasteiger partial charge in [0.2, 0.25) is 0 Å². The molecule has 3 N–H and O–H groups in total. The van der Waals surface area contributed by atoms with Gasteiger partial charge in [-0.05, 0) is 54.4 Å². The summed E-state index contributed by atoms with van der Waals surface area (Å²) in [5, 5.41) is 2.95. The molecule has 0 spiro atoms. The maximum Gasteiger partial charge on any atom is 0.412 e. The van der Waals surface area contributed by atoms with E-state index in [1.807, 2.05) is 19.1 Å². The van der Waals surface area contributed by atoms with Gasteiger partial charge in [0.05, 0.1) is 0 Å². The lowest BCUT2D eigenvalue weighted by molar-refractivity contribution is -0.140. The van der Waals surface area contributed by atoms with Crippen LogP contribution in [0, 0.1) is 10.8 Å². The first-order valence-electron chi connectivity index (χ1n) is 10.2. The Bertz CT molecular complexity index is 869. The first-order valence-corrected chi connectivity index (χ1v) is 10.2. The predicted octanol–water partition coefficient (Wildman–Crippen LogP) is 4.29. The normalized spacial score (nSPS) is 23.8. The van der Waals surface area contributed by atoms with Gasteiger partial charge in [-0.15, -0.1) is 0 Å². The Morgan fingerprint density at radius 3 is 2.03 bits per heavy atom. The molecule has 6 nitrogen and oxygen atoms in total. The summed E-state index contributed by atoms with van der Waals surface area (Å²) in [6, 6.07) is 16.9. The van der Waals surface area contributed by atoms with E-state index in [2.05, 4.69) is 19.2 Å². The second-order valence-electron chi connectivity index (χ2n) is 9.16. The van der Waals surface area contributed by atoms with Crippen LogP contribution in [-0.2, 0) is 4.79 Å². The maximum atomic E-state index is 12.7. The summed E-state index contributed by atoms with van der Waals surface area (Å²) in [7, 11) is 0. The number of rotatable bonds is 5. The number of nitrogens with two attached hydrogens (primary N) is 1. The Morgan fingerprint density at radius 1 is 0.933 bits per heavy atom. The molecule has 1 amide bonds. The van der Waals surface area contributed by atoms with Crippen molar-refractivity contribution in [1.82, 2.24) is 5.32 Å². The second kappa shape index (κ2) is 8.88. The number of hydrogen-bond donors (Lipinski definition) is 2. The molecule has 6 heteroatoms. The maximum absolute atomic E-state index is 12.7. The van der Waals surface area contributed by atoms with Crippen molar-refractivity contribution in [2.24, 2.45) is 16.6 Å². The summed E-state index contributed by atoms with van der Waals surface area (Å²) >= 11 is 0. The largest absolute Gasteiger partial charge is 0.425 e. The molecule has 0 heterocycles. The Hall–Kier alpha value is -2.86. The van der Waals surface area contributed by atoms with Gasteiger partial charge in [-0.2, -0.15) is 0 Å². The molecule has 3 atom stereocenters. The number of hydrogen-bond acceptors (Lipinski definition) is 5. The first kappa shape index (κ1) is 21.8. The van der Waals surface area contributed by atoms with E-state index in [4.69, 9.17) is 15.2 Å². The van der Waals surface area contributed by atoms with E-state index in [9.17, 15) is 9.59 Å². The minimum atomic E-state index is -0.813. The highest BCUT2D eigenvalue weighted by molar-refractivity contribution is 5.79. The van der Waals surface area contributed by atoms with Crippen LogP contribution in [0.25, 0.3) is 0 Å². The van der Waals surface area contributed by atoms with E-state index in [0.29, 0.717) is 17.9 Å². The molecule has 3 rings (SSSR count). The molecule has 3 unspecified atom stereocenters. The zero-order chi connectivity index (χ0) is 21.8. The van der Waals surface area contributed by atoms with E-state index in [0.717, 1.165) is 12.8 Å². The highest BCUT2D eigenvalue weighted by atomic mass is 16.6. The lowest BCUT2D eigenvalue weighted by Crippen LogP contribution is -2.56. The molecule has 0 saturated heterocycles. The van der Waals surface area contributed by atoms with Gasteiger partial charge in [-0.1, -0.05) is 57.2 Å². The van der Waals surface area contributed by atoms with Crippen LogP contribution < -0.4 is 20.5 Å². The number of esters is 1. The molecule has 2 aromatic carbocycles. The third kappa shape index (κ3) is 5.60. The van der Waals surface area contributed by atoms with Crippen molar-refractivity contribution in [1.29, 1.82) is 0 Å². The molecule has 0 aromatic heterocycles. The van der Waals surface area contributed by atoms with Gasteiger partial charge in [-0.25, -0.2) is 9.59 Å². The fourth-order valence-electron chi connectivity index (χ4n) is 4.62. The van der Waals surface area contributed by atoms with Crippen molar-refractivity contribution >= 4 is 12.1 Å². The fraction of sp³-hybridized carbons (Fsp3) is 0.417. The Balaban J connectivity index is 1.67. The van der Waals surface area contributed by atoms with Crippen LogP contribution in [0.3, 0.4) is 0 Å². The van der Waals surface area contributed by atoms with Gasteiger partial charge >= 0.3 is 12.1 Å². The average molecular weight is 411 g/mol. The Kier molecular flexibility index (Phi) is 6.46. The Morgan fingerprint density at radius 2 is 1.47 bits per heavy atom. The second-order valence-corrected chi connectivity index (χ2v) is 9.16. The van der Waals surface area contributed by atoms with Crippen LogP contribution in [0.15, 0.2) is 60.7 Å². The quantitative estimate of drug-likeness (QED) is 0.567. The van der Waals surface area contributed by atoms with Crippen LogP contribution in [-0.4, -0.2) is 24.1 Å². The molecule has 2 aromatic rings. The number of para-hydroxylation sites is 2. The molecule has 30 heavy (non-hydrogen) atoms. The number of amides is 1. The van der Waals surface area contributed by atoms with Crippen LogP contribution in [0.5, 0.6) is 11.5 Å². The van der Waals surface area contributed by atoms with E-state index in [-0.39, 0.29) is 11.5 Å². The van der Waals surface area contributed by atoms with E-state index in [1.54, 1.807) is 48.5 Å². The number of carbonyl (C=O) groups is 2. The lowest BCUT2D eigenvalue weighted by atomic mass is 9.60. The van der Waals surface area contributed by atoms with Crippen molar-refractivity contribution in [2.45, 2.75) is 52.1 Å². The fourth-order valence-corrected chi connectivity index (χ4v) is 4.62. The third-order valence-corrected chi connectivity index (χ3v) is 5.64. The predicted molar refractivity (Wildman–Crippen MR) is 115 cm³/mol. The Labute approximate surface area is 177 Å². The number of nitrogens with one attached hydrogen (secondary N) is 1. The van der Waals surface area contributed by atoms with Crippen molar-refractivity contribution in [3.05, 3.63) is 60.7 Å². The molecule has 160 valence electrons. The highest BCUT2D eigenvalue weighted by Gasteiger charge is 2.48. The summed E-state index contributed by atoms with van der Waals surface area (Å²) < 4.78 is 10.8. The molecule has 0 aliphatic heterocycles. The standard InChI is InChI=1S/C24H30N2O4/c1-23(2)14-17(26-22(28)30-19-12-8-5-9-13-19)15-24(3,16-23)20(25)21(27)29-18-10-6-4-7-11-18/h4-13,17,20H,14-16,25H2,1-3H3,(H,26,28). The van der Waals surface area contributed by atoms with Gasteiger partial charge in [-0.3, -0.25) is 0 Å². The van der Waals surface area contributed by atoms with Crippen molar-refractivity contribution < 1.29 is 19.1 Å². The molecule has 1 aliphatic rings. The van der Waals surface area contributed by atoms with E-state index >= 15 is 0 Å². The van der Waals surface area contributed by atoms with Crippen molar-refractivity contribution in [2.75, 3.05) is 0 Å². The number of ether oxygens (including phenoxy) is 2. The molecule has 0 radical (unpaired) electrons. The minimum Gasteiger partial charge on any atom is -0.425 e. The lowest BCUT2D eigenvalue weighted by Gasteiger charge is -2.48. The van der Waals surface area contributed by atoms with Crippen LogP contribution >= 0.6 is 0 Å². The molecule has 0 bridgehead atoms. The SMILES string of the molecule is CC1(C)CC(NC(=O)Oc2ccccc2)CC(C)(C(N)C(=O)Oc2ccccc2)C1. The smallest absolute Gasteiger partial charge is 0.412 e. The minimum absolute atomic E-state index is 0.109. The van der Waals surface area contributed by atoms with Gasteiger partial charge in [0.1, 0.15) is 17.5 Å². The molecule has 1 aliphatic carbocycles. The van der Waals surface area contributed by atoms with Crippen LogP contribution in [0.1, 0.15) is 40.0 Å². The summed E-state index contributed by atoms with van der Waals surface area (Å²) in [6.07, 6.45) is 1.57. The molecular formula is C24H30N2O4. The van der Waals surface area contributed by atoms with Crippen molar-refractivity contribution in [3.63, 3.8) is 0 Å². The van der Waals surface area contributed by atoms with Gasteiger partial charge in [0, 0.05) is 6.04 Å². The van der Waals surface area contributed by atoms with E-state index in [1.165, 1.54) is 0 Å².